The first kappa shape index (κ1) is 22.3. The number of aryl methyl sites for hydroxylation is 1. The number of para-hydroxylation sites is 1. The van der Waals surface area contributed by atoms with E-state index < -0.39 is 24.3 Å². The number of carboxylic acids is 1. The van der Waals surface area contributed by atoms with Gasteiger partial charge in [0.05, 0.1) is 11.3 Å². The molecule has 0 fully saturated rings. The molecule has 1 aromatic heterocycles. The van der Waals surface area contributed by atoms with Crippen molar-refractivity contribution in [3.05, 3.63) is 83.2 Å². The number of benzene rings is 2. The zero-order valence-electron chi connectivity index (χ0n) is 16.6. The van der Waals surface area contributed by atoms with E-state index in [1.807, 2.05) is 10.8 Å². The molecule has 0 aliphatic carbocycles. The van der Waals surface area contributed by atoms with Crippen molar-refractivity contribution in [3.8, 4) is 5.75 Å². The second-order valence-electron chi connectivity index (χ2n) is 6.77. The maximum atomic E-state index is 14.1. The predicted octanol–water partition coefficient (Wildman–Crippen LogP) is 3.87. The molecule has 2 aromatic carbocycles. The molecule has 0 atom stereocenters. The summed E-state index contributed by atoms with van der Waals surface area (Å²) in [5.74, 6) is -2.11. The van der Waals surface area contributed by atoms with Crippen LogP contribution in [0.25, 0.3) is 0 Å². The maximum Gasteiger partial charge on any atom is 0.339 e. The van der Waals surface area contributed by atoms with Crippen LogP contribution in [0.2, 0.25) is 5.02 Å². The van der Waals surface area contributed by atoms with E-state index in [4.69, 9.17) is 16.3 Å². The average molecular weight is 446 g/mol. The van der Waals surface area contributed by atoms with Crippen molar-refractivity contribution in [3.63, 3.8) is 0 Å². The standard InChI is InChI=1S/C22H21ClFN3O4/c23-18-7-3-6-17(22(29)30)21(18)31-14-20(28)27(11-4-10-26-12-9-25-15-26)13-16-5-1-2-8-19(16)24/h1-3,5-9,12,15H,4,10-11,13-14H2,(H,29,30). The van der Waals surface area contributed by atoms with Gasteiger partial charge in [0.1, 0.15) is 11.4 Å². The van der Waals surface area contributed by atoms with E-state index in [0.717, 1.165) is 0 Å². The van der Waals surface area contributed by atoms with Crippen LogP contribution in [-0.2, 0) is 17.9 Å². The molecule has 0 aliphatic heterocycles. The summed E-state index contributed by atoms with van der Waals surface area (Å²) >= 11 is 6.06. The Balaban J connectivity index is 1.71. The summed E-state index contributed by atoms with van der Waals surface area (Å²) in [6, 6.07) is 10.5. The van der Waals surface area contributed by atoms with Crippen molar-refractivity contribution in [2.75, 3.05) is 13.2 Å². The lowest BCUT2D eigenvalue weighted by atomic mass is 10.2. The normalized spacial score (nSPS) is 10.6. The summed E-state index contributed by atoms with van der Waals surface area (Å²) in [4.78, 5) is 29.7. The molecule has 0 unspecified atom stereocenters. The van der Waals surface area contributed by atoms with Crippen LogP contribution in [0, 0.1) is 5.82 Å². The fourth-order valence-electron chi connectivity index (χ4n) is 3.04. The van der Waals surface area contributed by atoms with Crippen molar-refractivity contribution in [1.82, 2.24) is 14.5 Å². The fraction of sp³-hybridized carbons (Fsp3) is 0.227. The van der Waals surface area contributed by atoms with Crippen molar-refractivity contribution in [1.29, 1.82) is 0 Å². The third-order valence-electron chi connectivity index (χ3n) is 4.61. The molecule has 3 aromatic rings. The SMILES string of the molecule is O=C(O)c1cccc(Cl)c1OCC(=O)N(CCCn1ccnc1)Cc1ccccc1F. The third-order valence-corrected chi connectivity index (χ3v) is 4.91. The Bertz CT molecular complexity index is 1040. The first-order valence-electron chi connectivity index (χ1n) is 9.57. The number of hydrogen-bond donors (Lipinski definition) is 1. The highest BCUT2D eigenvalue weighted by Gasteiger charge is 2.20. The Morgan fingerprint density at radius 3 is 2.71 bits per heavy atom. The molecule has 0 bridgehead atoms. The van der Waals surface area contributed by atoms with Gasteiger partial charge in [-0.15, -0.1) is 0 Å². The van der Waals surface area contributed by atoms with Gasteiger partial charge in [-0.25, -0.2) is 14.2 Å². The van der Waals surface area contributed by atoms with E-state index in [-0.39, 0.29) is 22.9 Å². The summed E-state index contributed by atoms with van der Waals surface area (Å²) in [5, 5.41) is 9.40. The van der Waals surface area contributed by atoms with Gasteiger partial charge in [-0.1, -0.05) is 35.9 Å². The van der Waals surface area contributed by atoms with Gasteiger partial charge < -0.3 is 19.3 Å². The number of carboxylic acid groups (broad SMARTS) is 1. The van der Waals surface area contributed by atoms with Gasteiger partial charge in [0.2, 0.25) is 0 Å². The molecule has 1 heterocycles. The molecule has 162 valence electrons. The molecule has 31 heavy (non-hydrogen) atoms. The number of hydrogen-bond acceptors (Lipinski definition) is 4. The van der Waals surface area contributed by atoms with E-state index in [1.165, 1.54) is 29.2 Å². The van der Waals surface area contributed by atoms with E-state index in [9.17, 15) is 19.1 Å². The molecule has 3 rings (SSSR count). The van der Waals surface area contributed by atoms with Gasteiger partial charge >= 0.3 is 5.97 Å². The van der Waals surface area contributed by atoms with Gasteiger partial charge in [0.25, 0.3) is 5.91 Å². The molecule has 0 aliphatic rings. The van der Waals surface area contributed by atoms with Gasteiger partial charge in [0, 0.05) is 37.6 Å². The fourth-order valence-corrected chi connectivity index (χ4v) is 3.27. The molecule has 7 nitrogen and oxygen atoms in total. The van der Waals surface area contributed by atoms with E-state index in [2.05, 4.69) is 4.98 Å². The lowest BCUT2D eigenvalue weighted by molar-refractivity contribution is -0.134. The second-order valence-corrected chi connectivity index (χ2v) is 7.18. The Morgan fingerprint density at radius 1 is 1.19 bits per heavy atom. The summed E-state index contributed by atoms with van der Waals surface area (Å²) in [5.41, 5.74) is 0.239. The minimum absolute atomic E-state index is 0.0626. The highest BCUT2D eigenvalue weighted by Crippen LogP contribution is 2.28. The molecular formula is C22H21ClFN3O4. The van der Waals surface area contributed by atoms with Crippen molar-refractivity contribution < 1.29 is 23.8 Å². The summed E-state index contributed by atoms with van der Waals surface area (Å²) in [6.45, 7) is 0.620. The highest BCUT2D eigenvalue weighted by molar-refractivity contribution is 6.32. The number of imidazole rings is 1. The first-order valence-corrected chi connectivity index (χ1v) is 9.95. The van der Waals surface area contributed by atoms with Crippen molar-refractivity contribution >= 4 is 23.5 Å². The highest BCUT2D eigenvalue weighted by atomic mass is 35.5. The number of halogens is 2. The van der Waals surface area contributed by atoms with Crippen molar-refractivity contribution in [2.24, 2.45) is 0 Å². The van der Waals surface area contributed by atoms with Gasteiger partial charge in [-0.2, -0.15) is 0 Å². The van der Waals surface area contributed by atoms with Crippen LogP contribution in [0.1, 0.15) is 22.3 Å². The average Bonchev–Trinajstić information content (AvgIpc) is 3.26. The predicted molar refractivity (Wildman–Crippen MR) is 113 cm³/mol. The van der Waals surface area contributed by atoms with Crippen LogP contribution in [0.3, 0.4) is 0 Å². The lowest BCUT2D eigenvalue weighted by Gasteiger charge is -2.23. The Hall–Kier alpha value is -3.39. The summed E-state index contributed by atoms with van der Waals surface area (Å²) in [6.07, 6.45) is 5.77. The summed E-state index contributed by atoms with van der Waals surface area (Å²) < 4.78 is 21.5. The summed E-state index contributed by atoms with van der Waals surface area (Å²) in [7, 11) is 0. The van der Waals surface area contributed by atoms with Gasteiger partial charge in [0.15, 0.2) is 12.4 Å². The largest absolute Gasteiger partial charge is 0.481 e. The van der Waals surface area contributed by atoms with Crippen LogP contribution >= 0.6 is 11.6 Å². The van der Waals surface area contributed by atoms with Crippen LogP contribution < -0.4 is 4.74 Å². The molecule has 9 heteroatoms. The molecule has 0 radical (unpaired) electrons. The zero-order chi connectivity index (χ0) is 22.2. The zero-order valence-corrected chi connectivity index (χ0v) is 17.3. The monoisotopic (exact) mass is 445 g/mol. The quantitative estimate of drug-likeness (QED) is 0.512. The number of ether oxygens (including phenoxy) is 1. The number of carbonyl (C=O) groups excluding carboxylic acids is 1. The molecule has 1 amide bonds. The van der Waals surface area contributed by atoms with E-state index in [1.54, 1.807) is 30.7 Å². The Morgan fingerprint density at radius 2 is 2.00 bits per heavy atom. The van der Waals surface area contributed by atoms with Gasteiger partial charge in [-0.05, 0) is 24.6 Å². The minimum atomic E-state index is -1.21. The van der Waals surface area contributed by atoms with Gasteiger partial charge in [-0.3, -0.25) is 4.79 Å². The molecule has 0 saturated carbocycles. The number of aromatic carboxylic acids is 1. The minimum Gasteiger partial charge on any atom is -0.481 e. The lowest BCUT2D eigenvalue weighted by Crippen LogP contribution is -2.36. The Kier molecular flexibility index (Phi) is 7.61. The van der Waals surface area contributed by atoms with Crippen molar-refractivity contribution in [2.45, 2.75) is 19.5 Å². The molecule has 0 spiro atoms. The number of carbonyl (C=O) groups is 2. The number of aromatic nitrogens is 2. The Labute approximate surface area is 183 Å². The maximum absolute atomic E-state index is 14.1. The molecule has 1 N–H and O–H groups in total. The number of amides is 1. The van der Waals surface area contributed by atoms with E-state index in [0.29, 0.717) is 25.1 Å². The van der Waals surface area contributed by atoms with Crippen LogP contribution in [0.15, 0.2) is 61.2 Å². The third kappa shape index (κ3) is 6.05. The topological polar surface area (TPSA) is 84.7 Å². The second kappa shape index (κ2) is 10.6. The van der Waals surface area contributed by atoms with Crippen LogP contribution in [0.4, 0.5) is 4.39 Å². The van der Waals surface area contributed by atoms with E-state index >= 15 is 0 Å². The van der Waals surface area contributed by atoms with Crippen LogP contribution in [0.5, 0.6) is 5.75 Å². The van der Waals surface area contributed by atoms with Crippen LogP contribution in [-0.4, -0.2) is 44.6 Å². The molecule has 0 saturated heterocycles. The smallest absolute Gasteiger partial charge is 0.339 e. The molecular weight excluding hydrogens is 425 g/mol. The number of rotatable bonds is 10. The number of nitrogens with zero attached hydrogens (tertiary/aromatic N) is 3. The first-order chi connectivity index (χ1) is 15.0.